The molecule has 0 aromatic rings. The van der Waals surface area contributed by atoms with Crippen LogP contribution >= 0.6 is 0 Å². The summed E-state index contributed by atoms with van der Waals surface area (Å²) in [5.41, 5.74) is 0. The van der Waals surface area contributed by atoms with Gasteiger partial charge >= 0.3 is 0 Å². The number of hydrogen-bond donors (Lipinski definition) is 6. The van der Waals surface area contributed by atoms with Gasteiger partial charge < -0.3 is 30.6 Å². The van der Waals surface area contributed by atoms with Crippen molar-refractivity contribution in [1.29, 1.82) is 0 Å². The zero-order valence-electron chi connectivity index (χ0n) is 19.3. The smallest absolute Gasteiger partial charge is 0.300 e. The highest BCUT2D eigenvalue weighted by Crippen LogP contribution is 2.06. The maximum absolute atomic E-state index is 9.00. The number of carbonyl (C=O) groups is 1. The van der Waals surface area contributed by atoms with Gasteiger partial charge in [0, 0.05) is 39.0 Å². The molecule has 5 aliphatic carbocycles. The molecular weight excluding hydrogens is 436 g/mol. The topological polar surface area (TPSA) is 138 Å². The van der Waals surface area contributed by atoms with Crippen LogP contribution in [0.25, 0.3) is 0 Å². The normalized spacial score (nSPS) is 16.9. The summed E-state index contributed by atoms with van der Waals surface area (Å²) in [6.07, 6.45) is 30.9. The first kappa shape index (κ1) is 29.9. The molecule has 7 heteroatoms. The molecule has 0 aliphatic heterocycles. The average molecular weight is 471 g/mol. The lowest BCUT2D eigenvalue weighted by Crippen LogP contribution is -1.78. The van der Waals surface area contributed by atoms with Gasteiger partial charge in [0.25, 0.3) is 5.97 Å². The van der Waals surface area contributed by atoms with Crippen LogP contribution in [0.2, 0.25) is 0 Å². The van der Waals surface area contributed by atoms with E-state index in [1.54, 1.807) is 30.4 Å². The third kappa shape index (κ3) is 21.1. The first-order valence-electron chi connectivity index (χ1n) is 10.6. The van der Waals surface area contributed by atoms with Crippen LogP contribution in [0.4, 0.5) is 0 Å². The molecule has 5 aliphatic rings. The van der Waals surface area contributed by atoms with Crippen LogP contribution in [0.15, 0.2) is 120 Å². The molecule has 0 heterocycles. The SMILES string of the molecule is CC(=O)O.OC1=CC=CC1.OC1=CC=CC1.OC1=CC=CC1.OC1=CC=CC1.OC1=CC=CC1. The zero-order chi connectivity index (χ0) is 25.6. The highest BCUT2D eigenvalue weighted by atomic mass is 16.4. The van der Waals surface area contributed by atoms with Crippen LogP contribution in [0.5, 0.6) is 0 Å². The Morgan fingerprint density at radius 3 is 0.676 bits per heavy atom. The Hall–Kier alpha value is -4.13. The molecule has 7 nitrogen and oxygen atoms in total. The van der Waals surface area contributed by atoms with Gasteiger partial charge in [-0.1, -0.05) is 60.8 Å². The summed E-state index contributed by atoms with van der Waals surface area (Å²) in [6, 6.07) is 0. The number of carboxylic acid groups (broad SMARTS) is 1. The van der Waals surface area contributed by atoms with E-state index in [2.05, 4.69) is 0 Å². The molecule has 0 bridgehead atoms. The van der Waals surface area contributed by atoms with Gasteiger partial charge in [-0.05, 0) is 30.4 Å². The Balaban J connectivity index is 0.000000387. The Labute approximate surface area is 200 Å². The second-order valence-corrected chi connectivity index (χ2v) is 6.97. The van der Waals surface area contributed by atoms with Crippen LogP contribution in [-0.4, -0.2) is 36.6 Å². The molecule has 34 heavy (non-hydrogen) atoms. The molecule has 0 aromatic heterocycles. The van der Waals surface area contributed by atoms with Crippen molar-refractivity contribution in [2.45, 2.75) is 39.0 Å². The molecule has 184 valence electrons. The summed E-state index contributed by atoms with van der Waals surface area (Å²) < 4.78 is 0. The molecule has 0 radical (unpaired) electrons. The van der Waals surface area contributed by atoms with E-state index >= 15 is 0 Å². The maximum atomic E-state index is 9.00. The van der Waals surface area contributed by atoms with Crippen molar-refractivity contribution in [1.82, 2.24) is 0 Å². The summed E-state index contributed by atoms with van der Waals surface area (Å²) in [7, 11) is 0. The van der Waals surface area contributed by atoms with E-state index in [0.717, 1.165) is 39.0 Å². The van der Waals surface area contributed by atoms with E-state index in [9.17, 15) is 0 Å². The third-order valence-corrected chi connectivity index (χ3v) is 3.76. The number of aliphatic hydroxyl groups is 5. The third-order valence-electron chi connectivity index (χ3n) is 3.76. The van der Waals surface area contributed by atoms with E-state index in [1.807, 2.05) is 60.8 Å². The molecule has 0 fully saturated rings. The fourth-order valence-electron chi connectivity index (χ4n) is 2.18. The second kappa shape index (κ2) is 19.5. The van der Waals surface area contributed by atoms with Gasteiger partial charge in [-0.3, -0.25) is 4.79 Å². The highest BCUT2D eigenvalue weighted by molar-refractivity contribution is 5.62. The van der Waals surface area contributed by atoms with Crippen molar-refractivity contribution in [3.05, 3.63) is 120 Å². The molecule has 0 saturated heterocycles. The molecule has 0 aromatic carbocycles. The van der Waals surface area contributed by atoms with Crippen LogP contribution in [-0.2, 0) is 4.79 Å². The fourth-order valence-corrected chi connectivity index (χ4v) is 2.18. The predicted molar refractivity (Wildman–Crippen MR) is 136 cm³/mol. The molecule has 5 rings (SSSR count). The monoisotopic (exact) mass is 470 g/mol. The lowest BCUT2D eigenvalue weighted by Gasteiger charge is -1.79. The van der Waals surface area contributed by atoms with Gasteiger partial charge in [0.05, 0.1) is 28.8 Å². The number of aliphatic hydroxyl groups excluding tert-OH is 5. The highest BCUT2D eigenvalue weighted by Gasteiger charge is 1.91. The molecule has 0 unspecified atom stereocenters. The number of carboxylic acids is 1. The first-order valence-corrected chi connectivity index (χ1v) is 10.6. The lowest BCUT2D eigenvalue weighted by molar-refractivity contribution is -0.134. The number of rotatable bonds is 0. The Kier molecular flexibility index (Phi) is 17.2. The molecule has 0 atom stereocenters. The molecule has 0 amide bonds. The Bertz CT molecular complexity index is 754. The maximum Gasteiger partial charge on any atom is 0.300 e. The minimum atomic E-state index is -0.833. The summed E-state index contributed by atoms with van der Waals surface area (Å²) in [5, 5.41) is 50.1. The van der Waals surface area contributed by atoms with Crippen molar-refractivity contribution in [2.24, 2.45) is 0 Å². The van der Waals surface area contributed by atoms with Crippen molar-refractivity contribution >= 4 is 5.97 Å². The van der Waals surface area contributed by atoms with E-state index < -0.39 is 5.97 Å². The first-order chi connectivity index (χ1) is 16.2. The van der Waals surface area contributed by atoms with Gasteiger partial charge in [0.1, 0.15) is 0 Å². The minimum absolute atomic E-state index is 0.468. The standard InChI is InChI=1S/5C5H6O.C2H4O2/c5*6-5-3-1-2-4-5;1-2(3)4/h5*1-3,6H,4H2;1H3,(H,3,4). The summed E-state index contributed by atoms with van der Waals surface area (Å²) in [4.78, 5) is 9.00. The van der Waals surface area contributed by atoms with Crippen LogP contribution in [0.3, 0.4) is 0 Å². The average Bonchev–Trinajstić information content (AvgIpc) is 3.56. The van der Waals surface area contributed by atoms with Crippen molar-refractivity contribution in [2.75, 3.05) is 0 Å². The molecule has 0 saturated carbocycles. The van der Waals surface area contributed by atoms with Gasteiger partial charge in [0.2, 0.25) is 0 Å². The Morgan fingerprint density at radius 1 is 0.500 bits per heavy atom. The van der Waals surface area contributed by atoms with E-state index in [1.165, 1.54) is 0 Å². The van der Waals surface area contributed by atoms with E-state index in [0.29, 0.717) is 28.8 Å². The van der Waals surface area contributed by atoms with Crippen molar-refractivity contribution in [3.63, 3.8) is 0 Å². The zero-order valence-corrected chi connectivity index (χ0v) is 19.3. The summed E-state index contributed by atoms with van der Waals surface area (Å²) >= 11 is 0. The largest absolute Gasteiger partial charge is 0.512 e. The second-order valence-electron chi connectivity index (χ2n) is 6.97. The van der Waals surface area contributed by atoms with Gasteiger partial charge in [-0.15, -0.1) is 0 Å². The quantitative estimate of drug-likeness (QED) is 0.223. The summed E-state index contributed by atoms with van der Waals surface area (Å²) in [5.74, 6) is 1.50. The minimum Gasteiger partial charge on any atom is -0.512 e. The van der Waals surface area contributed by atoms with Gasteiger partial charge in [0.15, 0.2) is 0 Å². The Morgan fingerprint density at radius 2 is 0.647 bits per heavy atom. The molecule has 0 spiro atoms. The van der Waals surface area contributed by atoms with Crippen LogP contribution in [0.1, 0.15) is 39.0 Å². The van der Waals surface area contributed by atoms with Crippen LogP contribution in [0, 0.1) is 0 Å². The van der Waals surface area contributed by atoms with Gasteiger partial charge in [-0.25, -0.2) is 0 Å². The van der Waals surface area contributed by atoms with E-state index in [-0.39, 0.29) is 0 Å². The van der Waals surface area contributed by atoms with E-state index in [4.69, 9.17) is 35.4 Å². The predicted octanol–water partition coefficient (Wildman–Crippen LogP) is 7.03. The summed E-state index contributed by atoms with van der Waals surface area (Å²) in [6.45, 7) is 1.08. The van der Waals surface area contributed by atoms with Gasteiger partial charge in [-0.2, -0.15) is 0 Å². The number of hydrogen-bond acceptors (Lipinski definition) is 6. The number of allylic oxidation sites excluding steroid dienone is 15. The van der Waals surface area contributed by atoms with Crippen LogP contribution < -0.4 is 0 Å². The molecule has 6 N–H and O–H groups in total. The number of aliphatic carboxylic acids is 1. The fraction of sp³-hybridized carbons (Fsp3) is 0.222. The molecular formula is C27H34O7. The van der Waals surface area contributed by atoms with Crippen molar-refractivity contribution in [3.8, 4) is 0 Å². The van der Waals surface area contributed by atoms with Crippen molar-refractivity contribution < 1.29 is 35.4 Å². The lowest BCUT2D eigenvalue weighted by atomic mass is 10.4.